The van der Waals surface area contributed by atoms with Crippen LogP contribution in [-0.4, -0.2) is 51.8 Å². The molecule has 1 aromatic heterocycles. The van der Waals surface area contributed by atoms with Crippen molar-refractivity contribution < 1.29 is 9.59 Å². The summed E-state index contributed by atoms with van der Waals surface area (Å²) in [5.74, 6) is 0.704. The van der Waals surface area contributed by atoms with Gasteiger partial charge in [0.1, 0.15) is 5.69 Å². The predicted octanol–water partition coefficient (Wildman–Crippen LogP) is 3.81. The van der Waals surface area contributed by atoms with Gasteiger partial charge in [0.2, 0.25) is 5.91 Å². The molecule has 3 fully saturated rings. The van der Waals surface area contributed by atoms with Crippen LogP contribution in [0.2, 0.25) is 0 Å². The van der Waals surface area contributed by atoms with Gasteiger partial charge in [0, 0.05) is 43.4 Å². The lowest BCUT2D eigenvalue weighted by molar-refractivity contribution is -0.129. The van der Waals surface area contributed by atoms with Gasteiger partial charge >= 0.3 is 0 Å². The third-order valence-corrected chi connectivity index (χ3v) is 7.18. The Kier molecular flexibility index (Phi) is 5.30. The molecule has 6 heteroatoms. The van der Waals surface area contributed by atoms with Crippen molar-refractivity contribution in [2.24, 2.45) is 0 Å². The molecule has 1 aliphatic heterocycles. The molecule has 3 aliphatic rings. The van der Waals surface area contributed by atoms with Crippen molar-refractivity contribution in [3.05, 3.63) is 16.1 Å². The van der Waals surface area contributed by atoms with E-state index in [2.05, 4.69) is 4.90 Å². The van der Waals surface area contributed by atoms with Crippen molar-refractivity contribution in [2.45, 2.75) is 82.7 Å². The van der Waals surface area contributed by atoms with Crippen LogP contribution in [0.4, 0.5) is 0 Å². The SMILES string of the molecule is CC(=O)N1CCC(c2nc(C(=O)N(C3CCCCC3)C3CC3)cs2)CC1. The third kappa shape index (κ3) is 3.80. The Morgan fingerprint density at radius 2 is 1.69 bits per heavy atom. The van der Waals surface area contributed by atoms with Crippen molar-refractivity contribution in [3.63, 3.8) is 0 Å². The van der Waals surface area contributed by atoms with Gasteiger partial charge in [0.05, 0.1) is 5.01 Å². The smallest absolute Gasteiger partial charge is 0.273 e. The van der Waals surface area contributed by atoms with Crippen molar-refractivity contribution in [1.82, 2.24) is 14.8 Å². The summed E-state index contributed by atoms with van der Waals surface area (Å²) in [6, 6.07) is 0.877. The van der Waals surface area contributed by atoms with Gasteiger partial charge in [-0.2, -0.15) is 0 Å². The first-order chi connectivity index (χ1) is 12.6. The molecule has 1 aromatic rings. The van der Waals surface area contributed by atoms with Crippen LogP contribution in [0, 0.1) is 0 Å². The Bertz CT molecular complexity index is 656. The maximum absolute atomic E-state index is 13.2. The summed E-state index contributed by atoms with van der Waals surface area (Å²) in [5.41, 5.74) is 0.650. The molecule has 5 nitrogen and oxygen atoms in total. The fourth-order valence-electron chi connectivity index (χ4n) is 4.49. The molecule has 0 N–H and O–H groups in total. The molecule has 2 saturated carbocycles. The summed E-state index contributed by atoms with van der Waals surface area (Å²) in [7, 11) is 0. The first-order valence-corrected chi connectivity index (χ1v) is 11.0. The van der Waals surface area contributed by atoms with Gasteiger partial charge < -0.3 is 9.80 Å². The Hall–Kier alpha value is -1.43. The summed E-state index contributed by atoms with van der Waals surface area (Å²) < 4.78 is 0. The molecule has 0 radical (unpaired) electrons. The number of carbonyl (C=O) groups is 2. The number of thiazole rings is 1. The lowest BCUT2D eigenvalue weighted by atomic mass is 9.94. The number of amides is 2. The number of hydrogen-bond acceptors (Lipinski definition) is 4. The molecular weight excluding hydrogens is 346 g/mol. The molecule has 0 aromatic carbocycles. The van der Waals surface area contributed by atoms with Crippen LogP contribution >= 0.6 is 11.3 Å². The molecule has 0 unspecified atom stereocenters. The lowest BCUT2D eigenvalue weighted by Gasteiger charge is -2.34. The van der Waals surface area contributed by atoms with Gasteiger partial charge in [-0.15, -0.1) is 11.3 Å². The van der Waals surface area contributed by atoms with Crippen molar-refractivity contribution >= 4 is 23.2 Å². The summed E-state index contributed by atoms with van der Waals surface area (Å²) in [5, 5.41) is 3.05. The molecule has 26 heavy (non-hydrogen) atoms. The summed E-state index contributed by atoms with van der Waals surface area (Å²) in [6.07, 6.45) is 10.3. The van der Waals surface area contributed by atoms with Crippen LogP contribution in [0.5, 0.6) is 0 Å². The summed E-state index contributed by atoms with van der Waals surface area (Å²) in [4.78, 5) is 33.5. The van der Waals surface area contributed by atoms with E-state index in [9.17, 15) is 9.59 Å². The summed E-state index contributed by atoms with van der Waals surface area (Å²) >= 11 is 1.63. The number of likely N-dealkylation sites (tertiary alicyclic amines) is 1. The zero-order valence-corrected chi connectivity index (χ0v) is 16.5. The van der Waals surface area contributed by atoms with Gasteiger partial charge in [-0.25, -0.2) is 4.98 Å². The van der Waals surface area contributed by atoms with E-state index in [1.54, 1.807) is 18.3 Å². The molecule has 142 valence electrons. The van der Waals surface area contributed by atoms with Gasteiger partial charge in [-0.05, 0) is 38.5 Å². The van der Waals surface area contributed by atoms with E-state index in [-0.39, 0.29) is 11.8 Å². The highest BCUT2D eigenvalue weighted by atomic mass is 32.1. The van der Waals surface area contributed by atoms with Crippen LogP contribution in [0.1, 0.15) is 86.1 Å². The van der Waals surface area contributed by atoms with Crippen molar-refractivity contribution in [1.29, 1.82) is 0 Å². The fraction of sp³-hybridized carbons (Fsp3) is 0.750. The molecule has 0 atom stereocenters. The van der Waals surface area contributed by atoms with Crippen LogP contribution in [-0.2, 0) is 4.79 Å². The number of carbonyl (C=O) groups excluding carboxylic acids is 2. The van der Waals surface area contributed by atoms with E-state index in [4.69, 9.17) is 4.98 Å². The molecule has 4 rings (SSSR count). The van der Waals surface area contributed by atoms with Gasteiger partial charge in [0.25, 0.3) is 5.91 Å². The van der Waals surface area contributed by atoms with E-state index in [1.807, 2.05) is 10.3 Å². The van der Waals surface area contributed by atoms with Gasteiger partial charge in [-0.1, -0.05) is 19.3 Å². The Morgan fingerprint density at radius 1 is 1.04 bits per heavy atom. The maximum Gasteiger partial charge on any atom is 0.273 e. The normalized spacial score (nSPS) is 22.4. The number of aromatic nitrogens is 1. The number of rotatable bonds is 4. The topological polar surface area (TPSA) is 53.5 Å². The minimum absolute atomic E-state index is 0.156. The van der Waals surface area contributed by atoms with Crippen LogP contribution < -0.4 is 0 Å². The standard InChI is InChI=1S/C20H29N3O2S/c1-14(24)22-11-9-15(10-12-22)19-21-18(13-26-19)20(25)23(17-7-8-17)16-5-3-2-4-6-16/h13,15-17H,2-12H2,1H3. The third-order valence-electron chi connectivity index (χ3n) is 6.17. The van der Waals surface area contributed by atoms with E-state index in [1.165, 1.54) is 19.3 Å². The molecule has 0 spiro atoms. The van der Waals surface area contributed by atoms with E-state index >= 15 is 0 Å². The second kappa shape index (κ2) is 7.67. The minimum atomic E-state index is 0.156. The first kappa shape index (κ1) is 18.0. The highest BCUT2D eigenvalue weighted by Gasteiger charge is 2.39. The molecule has 2 aliphatic carbocycles. The zero-order valence-electron chi connectivity index (χ0n) is 15.7. The van der Waals surface area contributed by atoms with Crippen LogP contribution in [0.3, 0.4) is 0 Å². The van der Waals surface area contributed by atoms with E-state index in [0.717, 1.165) is 56.6 Å². The van der Waals surface area contributed by atoms with Crippen LogP contribution in [0.15, 0.2) is 5.38 Å². The zero-order chi connectivity index (χ0) is 18.1. The molecule has 2 heterocycles. The molecule has 2 amide bonds. The number of piperidine rings is 1. The van der Waals surface area contributed by atoms with Crippen LogP contribution in [0.25, 0.3) is 0 Å². The molecule has 1 saturated heterocycles. The van der Waals surface area contributed by atoms with E-state index < -0.39 is 0 Å². The number of hydrogen-bond donors (Lipinski definition) is 0. The average Bonchev–Trinajstić information content (AvgIpc) is 3.37. The first-order valence-electron chi connectivity index (χ1n) is 10.2. The highest BCUT2D eigenvalue weighted by molar-refractivity contribution is 7.09. The monoisotopic (exact) mass is 375 g/mol. The lowest BCUT2D eigenvalue weighted by Crippen LogP contribution is -2.43. The Morgan fingerprint density at radius 3 is 2.31 bits per heavy atom. The van der Waals surface area contributed by atoms with Crippen molar-refractivity contribution in [2.75, 3.05) is 13.1 Å². The minimum Gasteiger partial charge on any atom is -0.343 e. The number of nitrogens with zero attached hydrogens (tertiary/aromatic N) is 3. The average molecular weight is 376 g/mol. The highest BCUT2D eigenvalue weighted by Crippen LogP contribution is 2.36. The fourth-order valence-corrected chi connectivity index (χ4v) is 5.45. The van der Waals surface area contributed by atoms with E-state index in [0.29, 0.717) is 23.7 Å². The van der Waals surface area contributed by atoms with Gasteiger partial charge in [0.15, 0.2) is 0 Å². The molecule has 0 bridgehead atoms. The molecular formula is C20H29N3O2S. The maximum atomic E-state index is 13.2. The summed E-state index contributed by atoms with van der Waals surface area (Å²) in [6.45, 7) is 3.25. The largest absolute Gasteiger partial charge is 0.343 e. The second-order valence-corrected chi connectivity index (χ2v) is 8.98. The van der Waals surface area contributed by atoms with Gasteiger partial charge in [-0.3, -0.25) is 9.59 Å². The predicted molar refractivity (Wildman–Crippen MR) is 102 cm³/mol. The Balaban J connectivity index is 1.43. The van der Waals surface area contributed by atoms with Crippen molar-refractivity contribution in [3.8, 4) is 0 Å². The second-order valence-electron chi connectivity index (χ2n) is 8.09. The Labute approximate surface area is 159 Å². The quantitative estimate of drug-likeness (QED) is 0.804.